The summed E-state index contributed by atoms with van der Waals surface area (Å²) in [7, 11) is 0. The second-order valence-corrected chi connectivity index (χ2v) is 8.30. The van der Waals surface area contributed by atoms with Crippen LogP contribution in [0.15, 0.2) is 36.4 Å². The lowest BCUT2D eigenvalue weighted by Gasteiger charge is -2.19. The molecule has 0 unspecified atom stereocenters. The first-order valence-electron chi connectivity index (χ1n) is 8.94. The van der Waals surface area contributed by atoms with Crippen molar-refractivity contribution >= 4 is 40.9 Å². The third-order valence-corrected chi connectivity index (χ3v) is 5.83. The maximum absolute atomic E-state index is 12.4. The van der Waals surface area contributed by atoms with Gasteiger partial charge in [0.1, 0.15) is 5.75 Å². The minimum absolute atomic E-state index is 0.0763. The van der Waals surface area contributed by atoms with Gasteiger partial charge in [0.15, 0.2) is 6.10 Å². The Labute approximate surface area is 175 Å². The molecule has 0 saturated heterocycles. The standard InChI is InChI=1S/C21H25Cl2NO2S/c1-4-19(26-20-8-5-14(2)11-15(20)3)21(25)24-9-10-27-13-16-6-7-17(22)18(23)12-16/h5-8,11-12,19H,4,9-10,13H2,1-3H3,(H,24,25)/t19-/m0/s1. The summed E-state index contributed by atoms with van der Waals surface area (Å²) in [6, 6.07) is 11.6. The first-order chi connectivity index (χ1) is 12.9. The number of benzene rings is 2. The summed E-state index contributed by atoms with van der Waals surface area (Å²) in [4.78, 5) is 12.4. The van der Waals surface area contributed by atoms with Crippen LogP contribution < -0.4 is 10.1 Å². The SMILES string of the molecule is CC[C@H](Oc1ccc(C)cc1C)C(=O)NCCSCc1ccc(Cl)c(Cl)c1. The van der Waals surface area contributed by atoms with Crippen LogP contribution in [0.25, 0.3) is 0 Å². The van der Waals surface area contributed by atoms with Crippen molar-refractivity contribution in [1.29, 1.82) is 0 Å². The number of nitrogens with one attached hydrogen (secondary N) is 1. The van der Waals surface area contributed by atoms with E-state index in [9.17, 15) is 4.79 Å². The lowest BCUT2D eigenvalue weighted by molar-refractivity contribution is -0.128. The summed E-state index contributed by atoms with van der Waals surface area (Å²) >= 11 is 13.7. The summed E-state index contributed by atoms with van der Waals surface area (Å²) in [5, 5.41) is 4.09. The molecule has 0 aliphatic rings. The summed E-state index contributed by atoms with van der Waals surface area (Å²) in [5.74, 6) is 2.32. The van der Waals surface area contributed by atoms with E-state index in [-0.39, 0.29) is 5.91 Å². The van der Waals surface area contributed by atoms with E-state index in [2.05, 4.69) is 11.4 Å². The van der Waals surface area contributed by atoms with Gasteiger partial charge in [-0.05, 0) is 49.6 Å². The second-order valence-electron chi connectivity index (χ2n) is 6.38. The van der Waals surface area contributed by atoms with E-state index < -0.39 is 6.10 Å². The van der Waals surface area contributed by atoms with E-state index in [4.69, 9.17) is 27.9 Å². The first kappa shape index (κ1) is 21.9. The summed E-state index contributed by atoms with van der Waals surface area (Å²) < 4.78 is 5.92. The molecule has 6 heteroatoms. The number of amides is 1. The van der Waals surface area contributed by atoms with E-state index in [0.29, 0.717) is 23.0 Å². The van der Waals surface area contributed by atoms with Crippen LogP contribution in [0.4, 0.5) is 0 Å². The summed E-state index contributed by atoms with van der Waals surface area (Å²) in [5.41, 5.74) is 3.33. The molecule has 0 bridgehead atoms. The molecule has 2 aromatic carbocycles. The molecule has 0 aliphatic carbocycles. The predicted octanol–water partition coefficient (Wildman–Crippen LogP) is 5.82. The van der Waals surface area contributed by atoms with Crippen LogP contribution in [0, 0.1) is 13.8 Å². The average Bonchev–Trinajstić information content (AvgIpc) is 2.63. The number of carbonyl (C=O) groups is 1. The molecule has 27 heavy (non-hydrogen) atoms. The Bertz CT molecular complexity index is 783. The van der Waals surface area contributed by atoms with Crippen molar-refractivity contribution in [2.24, 2.45) is 0 Å². The number of aryl methyl sites for hydroxylation is 2. The molecule has 2 rings (SSSR count). The van der Waals surface area contributed by atoms with Crippen LogP contribution in [0.2, 0.25) is 10.0 Å². The highest BCUT2D eigenvalue weighted by atomic mass is 35.5. The number of hydrogen-bond donors (Lipinski definition) is 1. The first-order valence-corrected chi connectivity index (χ1v) is 10.8. The Hall–Kier alpha value is -1.36. The minimum Gasteiger partial charge on any atom is -0.480 e. The second kappa shape index (κ2) is 10.8. The fourth-order valence-corrected chi connectivity index (χ4v) is 3.71. The van der Waals surface area contributed by atoms with E-state index in [1.165, 1.54) is 5.56 Å². The quantitative estimate of drug-likeness (QED) is 0.514. The average molecular weight is 426 g/mol. The predicted molar refractivity (Wildman–Crippen MR) is 116 cm³/mol. The minimum atomic E-state index is -0.480. The number of rotatable bonds is 9. The Morgan fingerprint density at radius 3 is 2.59 bits per heavy atom. The molecule has 0 radical (unpaired) electrons. The van der Waals surface area contributed by atoms with Gasteiger partial charge in [-0.15, -0.1) is 0 Å². The molecular formula is C21H25Cl2NO2S. The van der Waals surface area contributed by atoms with Gasteiger partial charge >= 0.3 is 0 Å². The number of ether oxygens (including phenoxy) is 1. The third kappa shape index (κ3) is 6.95. The van der Waals surface area contributed by atoms with Crippen LogP contribution >= 0.6 is 35.0 Å². The van der Waals surface area contributed by atoms with E-state index in [0.717, 1.165) is 28.4 Å². The lowest BCUT2D eigenvalue weighted by Crippen LogP contribution is -2.39. The third-order valence-electron chi connectivity index (χ3n) is 4.06. The Balaban J connectivity index is 1.75. The molecule has 0 saturated carbocycles. The Kier molecular flexibility index (Phi) is 8.81. The van der Waals surface area contributed by atoms with Gasteiger partial charge in [0, 0.05) is 18.1 Å². The maximum Gasteiger partial charge on any atom is 0.261 e. The molecule has 0 heterocycles. The van der Waals surface area contributed by atoms with Crippen molar-refractivity contribution < 1.29 is 9.53 Å². The highest BCUT2D eigenvalue weighted by Gasteiger charge is 2.18. The zero-order valence-corrected chi connectivity index (χ0v) is 18.2. The molecule has 1 amide bonds. The smallest absolute Gasteiger partial charge is 0.261 e. The molecule has 0 aromatic heterocycles. The van der Waals surface area contributed by atoms with Gasteiger partial charge in [-0.2, -0.15) is 11.8 Å². The van der Waals surface area contributed by atoms with Crippen LogP contribution in [-0.4, -0.2) is 24.3 Å². The fraction of sp³-hybridized carbons (Fsp3) is 0.381. The van der Waals surface area contributed by atoms with Crippen LogP contribution in [0.3, 0.4) is 0 Å². The highest BCUT2D eigenvalue weighted by molar-refractivity contribution is 7.98. The van der Waals surface area contributed by atoms with Gasteiger partial charge in [0.25, 0.3) is 5.91 Å². The van der Waals surface area contributed by atoms with Crippen molar-refractivity contribution in [2.45, 2.75) is 39.0 Å². The van der Waals surface area contributed by atoms with Gasteiger partial charge in [-0.3, -0.25) is 4.79 Å². The topological polar surface area (TPSA) is 38.3 Å². The number of thioether (sulfide) groups is 1. The van der Waals surface area contributed by atoms with E-state index >= 15 is 0 Å². The lowest BCUT2D eigenvalue weighted by atomic mass is 10.1. The molecule has 0 aliphatic heterocycles. The monoisotopic (exact) mass is 425 g/mol. The van der Waals surface area contributed by atoms with Gasteiger partial charge in [0.2, 0.25) is 0 Å². The van der Waals surface area contributed by atoms with Crippen molar-refractivity contribution in [3.8, 4) is 5.75 Å². The van der Waals surface area contributed by atoms with Gasteiger partial charge in [0.05, 0.1) is 10.0 Å². The normalized spacial score (nSPS) is 11.9. The van der Waals surface area contributed by atoms with Gasteiger partial charge in [-0.25, -0.2) is 0 Å². The van der Waals surface area contributed by atoms with E-state index in [1.807, 2.05) is 45.0 Å². The largest absolute Gasteiger partial charge is 0.480 e. The van der Waals surface area contributed by atoms with Gasteiger partial charge < -0.3 is 10.1 Å². The molecule has 0 fully saturated rings. The maximum atomic E-state index is 12.4. The van der Waals surface area contributed by atoms with E-state index in [1.54, 1.807) is 17.8 Å². The van der Waals surface area contributed by atoms with Crippen molar-refractivity contribution in [3.05, 3.63) is 63.1 Å². The molecule has 1 N–H and O–H groups in total. The van der Waals surface area contributed by atoms with Crippen LogP contribution in [0.5, 0.6) is 5.75 Å². The number of hydrogen-bond acceptors (Lipinski definition) is 3. The zero-order chi connectivity index (χ0) is 19.8. The molecule has 2 aromatic rings. The zero-order valence-electron chi connectivity index (χ0n) is 15.9. The summed E-state index contributed by atoms with van der Waals surface area (Å²) in [6.07, 6.45) is 0.140. The van der Waals surface area contributed by atoms with Crippen molar-refractivity contribution in [3.63, 3.8) is 0 Å². The van der Waals surface area contributed by atoms with Gasteiger partial charge in [-0.1, -0.05) is 53.9 Å². The number of carbonyl (C=O) groups excluding carboxylic acids is 1. The molecule has 0 spiro atoms. The molecular weight excluding hydrogens is 401 g/mol. The molecule has 146 valence electrons. The Morgan fingerprint density at radius 2 is 1.93 bits per heavy atom. The number of halogens is 2. The summed E-state index contributed by atoms with van der Waals surface area (Å²) in [6.45, 7) is 6.58. The van der Waals surface area contributed by atoms with Crippen LogP contribution in [0.1, 0.15) is 30.0 Å². The molecule has 1 atom stereocenters. The van der Waals surface area contributed by atoms with Crippen molar-refractivity contribution in [2.75, 3.05) is 12.3 Å². The Morgan fingerprint density at radius 1 is 1.15 bits per heavy atom. The fourth-order valence-electron chi connectivity index (χ4n) is 2.59. The highest BCUT2D eigenvalue weighted by Crippen LogP contribution is 2.24. The van der Waals surface area contributed by atoms with Crippen molar-refractivity contribution in [1.82, 2.24) is 5.32 Å². The van der Waals surface area contributed by atoms with Crippen LogP contribution in [-0.2, 0) is 10.5 Å². The molecule has 3 nitrogen and oxygen atoms in total.